The van der Waals surface area contributed by atoms with E-state index in [2.05, 4.69) is 10.6 Å². The Hall–Kier alpha value is -2.49. The summed E-state index contributed by atoms with van der Waals surface area (Å²) in [5, 5.41) is 6.32. The summed E-state index contributed by atoms with van der Waals surface area (Å²) in [4.78, 5) is 14.1. The molecule has 1 atom stereocenters. The fourth-order valence-electron chi connectivity index (χ4n) is 2.34. The molecular formula is C16H17N3O. The van der Waals surface area contributed by atoms with Gasteiger partial charge in [0.2, 0.25) is 0 Å². The van der Waals surface area contributed by atoms with E-state index < -0.39 is 0 Å². The summed E-state index contributed by atoms with van der Waals surface area (Å²) < 4.78 is 0. The van der Waals surface area contributed by atoms with Crippen LogP contribution in [0.25, 0.3) is 0 Å². The van der Waals surface area contributed by atoms with Crippen LogP contribution in [0.5, 0.6) is 0 Å². The van der Waals surface area contributed by atoms with Crippen molar-refractivity contribution in [1.82, 2.24) is 5.32 Å². The average Bonchev–Trinajstić information content (AvgIpc) is 2.47. The quantitative estimate of drug-likeness (QED) is 0.879. The molecule has 2 N–H and O–H groups in total. The zero-order chi connectivity index (χ0) is 14.1. The molecule has 4 nitrogen and oxygen atoms in total. The second-order valence-electron chi connectivity index (χ2n) is 5.08. The molecule has 0 bridgehead atoms. The van der Waals surface area contributed by atoms with Gasteiger partial charge in [0.05, 0.1) is 5.56 Å². The lowest BCUT2D eigenvalue weighted by Crippen LogP contribution is -2.38. The van der Waals surface area contributed by atoms with Crippen molar-refractivity contribution in [3.8, 4) is 0 Å². The number of amides is 1. The number of carbonyl (C=O) groups is 1. The van der Waals surface area contributed by atoms with Crippen molar-refractivity contribution in [3.63, 3.8) is 0 Å². The number of anilines is 2. The standard InChI is InChI=1S/C16H17N3O/c1-19(2)12-9-7-11(8-10-12)15-17-14-6-4-3-5-13(14)16(20)18-15/h3-10,15,17H,1-2H3,(H,18,20)/t15-/m0/s1. The van der Waals surface area contributed by atoms with E-state index in [0.717, 1.165) is 16.9 Å². The van der Waals surface area contributed by atoms with Gasteiger partial charge in [-0.3, -0.25) is 4.79 Å². The van der Waals surface area contributed by atoms with Crippen LogP contribution in [-0.4, -0.2) is 20.0 Å². The number of nitrogens with zero attached hydrogens (tertiary/aromatic N) is 1. The van der Waals surface area contributed by atoms with Gasteiger partial charge in [-0.2, -0.15) is 0 Å². The molecule has 0 fully saturated rings. The molecule has 0 saturated carbocycles. The van der Waals surface area contributed by atoms with Crippen molar-refractivity contribution in [3.05, 3.63) is 59.7 Å². The van der Waals surface area contributed by atoms with Crippen LogP contribution in [0.1, 0.15) is 22.1 Å². The van der Waals surface area contributed by atoms with Crippen LogP contribution >= 0.6 is 0 Å². The number of hydrogen-bond acceptors (Lipinski definition) is 3. The highest BCUT2D eigenvalue weighted by Crippen LogP contribution is 2.27. The van der Waals surface area contributed by atoms with Gasteiger partial charge in [0, 0.05) is 25.5 Å². The first-order chi connectivity index (χ1) is 9.65. The molecule has 0 unspecified atom stereocenters. The topological polar surface area (TPSA) is 44.4 Å². The van der Waals surface area contributed by atoms with E-state index in [4.69, 9.17) is 0 Å². The van der Waals surface area contributed by atoms with Crippen LogP contribution < -0.4 is 15.5 Å². The van der Waals surface area contributed by atoms with E-state index in [-0.39, 0.29) is 12.1 Å². The molecule has 1 amide bonds. The van der Waals surface area contributed by atoms with Crippen LogP contribution in [0.3, 0.4) is 0 Å². The van der Waals surface area contributed by atoms with Crippen LogP contribution in [0.15, 0.2) is 48.5 Å². The number of benzene rings is 2. The minimum Gasteiger partial charge on any atom is -0.378 e. The van der Waals surface area contributed by atoms with Gasteiger partial charge in [-0.1, -0.05) is 24.3 Å². The Morgan fingerprint density at radius 3 is 2.35 bits per heavy atom. The first kappa shape index (κ1) is 12.5. The molecule has 20 heavy (non-hydrogen) atoms. The molecule has 2 aromatic rings. The van der Waals surface area contributed by atoms with Crippen molar-refractivity contribution < 1.29 is 4.79 Å². The van der Waals surface area contributed by atoms with E-state index in [1.807, 2.05) is 67.5 Å². The Morgan fingerprint density at radius 1 is 0.950 bits per heavy atom. The lowest BCUT2D eigenvalue weighted by Gasteiger charge is -2.28. The number of hydrogen-bond donors (Lipinski definition) is 2. The molecule has 2 aromatic carbocycles. The molecule has 0 spiro atoms. The molecule has 0 saturated heterocycles. The van der Waals surface area contributed by atoms with Gasteiger partial charge < -0.3 is 15.5 Å². The van der Waals surface area contributed by atoms with Crippen molar-refractivity contribution in [2.24, 2.45) is 0 Å². The van der Waals surface area contributed by atoms with Crippen molar-refractivity contribution >= 4 is 17.3 Å². The maximum Gasteiger partial charge on any atom is 0.255 e. The van der Waals surface area contributed by atoms with Gasteiger partial charge in [0.25, 0.3) is 5.91 Å². The summed E-state index contributed by atoms with van der Waals surface area (Å²) in [6.45, 7) is 0. The highest BCUT2D eigenvalue weighted by atomic mass is 16.2. The second kappa shape index (κ2) is 4.89. The molecule has 0 radical (unpaired) electrons. The Morgan fingerprint density at radius 2 is 1.65 bits per heavy atom. The zero-order valence-electron chi connectivity index (χ0n) is 11.6. The van der Waals surface area contributed by atoms with Gasteiger partial charge in [-0.25, -0.2) is 0 Å². The summed E-state index contributed by atoms with van der Waals surface area (Å²) in [5.41, 5.74) is 3.74. The normalized spacial score (nSPS) is 16.9. The molecular weight excluding hydrogens is 250 g/mol. The lowest BCUT2D eigenvalue weighted by molar-refractivity contribution is 0.0935. The van der Waals surface area contributed by atoms with Crippen molar-refractivity contribution in [1.29, 1.82) is 0 Å². The third kappa shape index (κ3) is 2.20. The summed E-state index contributed by atoms with van der Waals surface area (Å²) in [7, 11) is 4.01. The molecule has 102 valence electrons. The molecule has 1 heterocycles. The molecule has 4 heteroatoms. The first-order valence-electron chi connectivity index (χ1n) is 6.59. The largest absolute Gasteiger partial charge is 0.378 e. The average molecular weight is 267 g/mol. The van der Waals surface area contributed by atoms with Gasteiger partial charge in [0.1, 0.15) is 6.17 Å². The molecule has 1 aliphatic rings. The Kier molecular flexibility index (Phi) is 3.06. The number of para-hydroxylation sites is 1. The van der Waals surface area contributed by atoms with Gasteiger partial charge in [-0.15, -0.1) is 0 Å². The van der Waals surface area contributed by atoms with E-state index in [1.54, 1.807) is 0 Å². The van der Waals surface area contributed by atoms with Gasteiger partial charge in [-0.05, 0) is 29.8 Å². The number of nitrogens with one attached hydrogen (secondary N) is 2. The van der Waals surface area contributed by atoms with Crippen molar-refractivity contribution in [2.45, 2.75) is 6.17 Å². The zero-order valence-corrected chi connectivity index (χ0v) is 11.6. The third-order valence-corrected chi connectivity index (χ3v) is 3.49. The van der Waals surface area contributed by atoms with E-state index in [9.17, 15) is 4.79 Å². The van der Waals surface area contributed by atoms with Crippen molar-refractivity contribution in [2.75, 3.05) is 24.3 Å². The van der Waals surface area contributed by atoms with E-state index >= 15 is 0 Å². The number of rotatable bonds is 2. The van der Waals surface area contributed by atoms with Gasteiger partial charge >= 0.3 is 0 Å². The molecule has 0 aliphatic carbocycles. The monoisotopic (exact) mass is 267 g/mol. The minimum absolute atomic E-state index is 0.0407. The maximum absolute atomic E-state index is 12.1. The Balaban J connectivity index is 1.88. The summed E-state index contributed by atoms with van der Waals surface area (Å²) in [5.74, 6) is -0.0407. The van der Waals surface area contributed by atoms with Crippen LogP contribution in [-0.2, 0) is 0 Å². The lowest BCUT2D eigenvalue weighted by atomic mass is 10.1. The number of fused-ring (bicyclic) bond motifs is 1. The SMILES string of the molecule is CN(C)c1ccc([C@@H]2NC(=O)c3ccccc3N2)cc1. The highest BCUT2D eigenvalue weighted by Gasteiger charge is 2.23. The van der Waals surface area contributed by atoms with Crippen LogP contribution in [0.2, 0.25) is 0 Å². The smallest absolute Gasteiger partial charge is 0.255 e. The minimum atomic E-state index is -0.186. The summed E-state index contributed by atoms with van der Waals surface area (Å²) in [6, 6.07) is 15.7. The van der Waals surface area contributed by atoms with Crippen LogP contribution in [0.4, 0.5) is 11.4 Å². The third-order valence-electron chi connectivity index (χ3n) is 3.49. The Bertz CT molecular complexity index is 634. The first-order valence-corrected chi connectivity index (χ1v) is 6.59. The molecule has 0 aromatic heterocycles. The molecule has 3 rings (SSSR count). The summed E-state index contributed by atoms with van der Waals surface area (Å²) >= 11 is 0. The van der Waals surface area contributed by atoms with E-state index in [0.29, 0.717) is 5.56 Å². The summed E-state index contributed by atoms with van der Waals surface area (Å²) in [6.07, 6.45) is -0.186. The fourth-order valence-corrected chi connectivity index (χ4v) is 2.34. The van der Waals surface area contributed by atoms with Gasteiger partial charge in [0.15, 0.2) is 0 Å². The van der Waals surface area contributed by atoms with E-state index in [1.165, 1.54) is 0 Å². The van der Waals surface area contributed by atoms with Crippen LogP contribution in [0, 0.1) is 0 Å². The Labute approximate surface area is 118 Å². The number of carbonyl (C=O) groups excluding carboxylic acids is 1. The predicted octanol–water partition coefficient (Wildman–Crippen LogP) is 2.61. The fraction of sp³-hybridized carbons (Fsp3) is 0.188. The molecule has 1 aliphatic heterocycles. The predicted molar refractivity (Wildman–Crippen MR) is 81.0 cm³/mol. The maximum atomic E-state index is 12.1. The highest BCUT2D eigenvalue weighted by molar-refractivity contribution is 6.01. The second-order valence-corrected chi connectivity index (χ2v) is 5.08.